The van der Waals surface area contributed by atoms with Gasteiger partial charge < -0.3 is 13.8 Å². The van der Waals surface area contributed by atoms with Gasteiger partial charge in [0.15, 0.2) is 12.4 Å². The molecule has 0 saturated heterocycles. The smallest absolute Gasteiger partial charge is 0.339 e. The molecule has 3 heterocycles. The Bertz CT molecular complexity index is 1100. The normalized spacial score (nSPS) is 11.0. The van der Waals surface area contributed by atoms with Crippen LogP contribution in [0.5, 0.6) is 0 Å². The monoisotopic (exact) mass is 364 g/mol. The van der Waals surface area contributed by atoms with Crippen LogP contribution in [0, 0.1) is 6.92 Å². The molecule has 0 spiro atoms. The summed E-state index contributed by atoms with van der Waals surface area (Å²) in [6.45, 7) is 3.55. The number of rotatable bonds is 5. The van der Waals surface area contributed by atoms with E-state index < -0.39 is 5.97 Å². The SMILES string of the molecule is CCc1noc(COC(=O)c2cc(-c3ccccc3)nc3onc(C)c23)n1. The summed E-state index contributed by atoms with van der Waals surface area (Å²) in [5, 5.41) is 8.23. The Morgan fingerprint density at radius 3 is 2.67 bits per heavy atom. The van der Waals surface area contributed by atoms with Gasteiger partial charge in [-0.25, -0.2) is 9.78 Å². The van der Waals surface area contributed by atoms with E-state index >= 15 is 0 Å². The summed E-state index contributed by atoms with van der Waals surface area (Å²) in [5.74, 6) is 0.270. The van der Waals surface area contributed by atoms with Gasteiger partial charge in [0.2, 0.25) is 0 Å². The standard InChI is InChI=1S/C19H16N4O4/c1-3-15-21-16(26-23-15)10-25-19(24)13-9-14(12-7-5-4-6-8-12)20-18-17(13)11(2)22-27-18/h4-9H,3,10H2,1-2H3. The summed E-state index contributed by atoms with van der Waals surface area (Å²) < 4.78 is 15.7. The molecule has 0 radical (unpaired) electrons. The average molecular weight is 364 g/mol. The molecular formula is C19H16N4O4. The van der Waals surface area contributed by atoms with Gasteiger partial charge in [-0.15, -0.1) is 0 Å². The van der Waals surface area contributed by atoms with Gasteiger partial charge in [-0.05, 0) is 13.0 Å². The molecule has 27 heavy (non-hydrogen) atoms. The molecule has 0 N–H and O–H groups in total. The topological polar surface area (TPSA) is 104 Å². The summed E-state index contributed by atoms with van der Waals surface area (Å²) in [7, 11) is 0. The van der Waals surface area contributed by atoms with Crippen LogP contribution in [0.3, 0.4) is 0 Å². The summed E-state index contributed by atoms with van der Waals surface area (Å²) in [6, 6.07) is 11.2. The Hall–Kier alpha value is -3.55. The summed E-state index contributed by atoms with van der Waals surface area (Å²) in [6.07, 6.45) is 0.642. The highest BCUT2D eigenvalue weighted by molar-refractivity contribution is 6.04. The molecule has 136 valence electrons. The van der Waals surface area contributed by atoms with E-state index in [0.29, 0.717) is 34.6 Å². The number of aromatic nitrogens is 4. The average Bonchev–Trinajstić information content (AvgIpc) is 3.33. The highest BCUT2D eigenvalue weighted by Crippen LogP contribution is 2.27. The Morgan fingerprint density at radius 1 is 1.11 bits per heavy atom. The molecule has 4 aromatic rings. The number of esters is 1. The number of benzene rings is 1. The van der Waals surface area contributed by atoms with E-state index in [1.54, 1.807) is 13.0 Å². The summed E-state index contributed by atoms with van der Waals surface area (Å²) in [4.78, 5) is 21.3. The molecule has 0 amide bonds. The van der Waals surface area contributed by atoms with Crippen LogP contribution >= 0.6 is 0 Å². The largest absolute Gasteiger partial charge is 0.452 e. The number of hydrogen-bond donors (Lipinski definition) is 0. The second-order valence-corrected chi connectivity index (χ2v) is 5.90. The van der Waals surface area contributed by atoms with Crippen molar-refractivity contribution >= 4 is 17.1 Å². The van der Waals surface area contributed by atoms with Crippen molar-refractivity contribution in [3.63, 3.8) is 0 Å². The maximum absolute atomic E-state index is 12.7. The Balaban J connectivity index is 1.68. The molecule has 4 rings (SSSR count). The second kappa shape index (κ2) is 6.99. The fourth-order valence-electron chi connectivity index (χ4n) is 2.71. The van der Waals surface area contributed by atoms with Gasteiger partial charge in [0.25, 0.3) is 11.6 Å². The van der Waals surface area contributed by atoms with Gasteiger partial charge >= 0.3 is 5.97 Å². The van der Waals surface area contributed by atoms with Gasteiger partial charge in [-0.2, -0.15) is 4.98 Å². The highest BCUT2D eigenvalue weighted by atomic mass is 16.6. The van der Waals surface area contributed by atoms with Crippen molar-refractivity contribution in [3.8, 4) is 11.3 Å². The molecule has 3 aromatic heterocycles. The zero-order chi connectivity index (χ0) is 18.8. The number of carbonyl (C=O) groups excluding carboxylic acids is 1. The summed E-state index contributed by atoms with van der Waals surface area (Å²) >= 11 is 0. The minimum Gasteiger partial charge on any atom is -0.452 e. The van der Waals surface area contributed by atoms with Gasteiger partial charge in [-0.3, -0.25) is 0 Å². The van der Waals surface area contributed by atoms with E-state index in [0.717, 1.165) is 5.56 Å². The van der Waals surface area contributed by atoms with E-state index in [1.807, 2.05) is 37.3 Å². The first kappa shape index (κ1) is 16.9. The maximum atomic E-state index is 12.7. The lowest BCUT2D eigenvalue weighted by molar-refractivity contribution is 0.0432. The number of nitrogens with zero attached hydrogens (tertiary/aromatic N) is 4. The lowest BCUT2D eigenvalue weighted by atomic mass is 10.1. The molecule has 8 nitrogen and oxygen atoms in total. The Morgan fingerprint density at radius 2 is 1.93 bits per heavy atom. The van der Waals surface area contributed by atoms with Crippen molar-refractivity contribution in [2.24, 2.45) is 0 Å². The number of aryl methyl sites for hydroxylation is 2. The minimum absolute atomic E-state index is 0.110. The first-order chi connectivity index (χ1) is 13.2. The molecular weight excluding hydrogens is 348 g/mol. The maximum Gasteiger partial charge on any atom is 0.339 e. The van der Waals surface area contributed by atoms with Crippen LogP contribution in [0.1, 0.15) is 34.7 Å². The number of hydrogen-bond acceptors (Lipinski definition) is 8. The van der Waals surface area contributed by atoms with E-state index in [9.17, 15) is 4.79 Å². The third-order valence-corrected chi connectivity index (χ3v) is 4.06. The molecule has 0 atom stereocenters. The van der Waals surface area contributed by atoms with Crippen LogP contribution in [-0.2, 0) is 17.8 Å². The number of ether oxygens (including phenoxy) is 1. The van der Waals surface area contributed by atoms with Gasteiger partial charge in [0.1, 0.15) is 0 Å². The van der Waals surface area contributed by atoms with Crippen molar-refractivity contribution in [3.05, 3.63) is 59.4 Å². The van der Waals surface area contributed by atoms with Crippen LogP contribution in [0.4, 0.5) is 0 Å². The van der Waals surface area contributed by atoms with E-state index in [1.165, 1.54) is 0 Å². The fraction of sp³-hybridized carbons (Fsp3) is 0.211. The second-order valence-electron chi connectivity index (χ2n) is 5.90. The lowest BCUT2D eigenvalue weighted by Crippen LogP contribution is -2.07. The van der Waals surface area contributed by atoms with Crippen LogP contribution < -0.4 is 0 Å². The van der Waals surface area contributed by atoms with Crippen molar-refractivity contribution in [1.29, 1.82) is 0 Å². The highest BCUT2D eigenvalue weighted by Gasteiger charge is 2.21. The molecule has 0 aliphatic carbocycles. The molecule has 0 fully saturated rings. The van der Waals surface area contributed by atoms with Gasteiger partial charge in [-0.1, -0.05) is 47.6 Å². The van der Waals surface area contributed by atoms with Crippen LogP contribution in [-0.4, -0.2) is 26.3 Å². The molecule has 1 aromatic carbocycles. The van der Waals surface area contributed by atoms with E-state index in [-0.39, 0.29) is 18.2 Å². The van der Waals surface area contributed by atoms with Crippen molar-refractivity contribution in [2.75, 3.05) is 0 Å². The van der Waals surface area contributed by atoms with Crippen molar-refractivity contribution in [2.45, 2.75) is 26.9 Å². The lowest BCUT2D eigenvalue weighted by Gasteiger charge is -2.06. The Kier molecular flexibility index (Phi) is 4.37. The van der Waals surface area contributed by atoms with Crippen molar-refractivity contribution in [1.82, 2.24) is 20.3 Å². The third kappa shape index (κ3) is 3.29. The fourth-order valence-corrected chi connectivity index (χ4v) is 2.71. The first-order valence-corrected chi connectivity index (χ1v) is 8.46. The van der Waals surface area contributed by atoms with Crippen LogP contribution in [0.15, 0.2) is 45.4 Å². The number of pyridine rings is 1. The molecule has 8 heteroatoms. The predicted octanol–water partition coefficient (Wildman–Crippen LogP) is 3.50. The molecule has 0 saturated carbocycles. The molecule has 0 aliphatic rings. The number of carbonyl (C=O) groups is 1. The summed E-state index contributed by atoms with van der Waals surface area (Å²) in [5.41, 5.74) is 2.62. The molecule has 0 unspecified atom stereocenters. The van der Waals surface area contributed by atoms with Crippen LogP contribution in [0.25, 0.3) is 22.4 Å². The zero-order valence-electron chi connectivity index (χ0n) is 14.8. The van der Waals surface area contributed by atoms with Gasteiger partial charge in [0, 0.05) is 12.0 Å². The zero-order valence-corrected chi connectivity index (χ0v) is 14.8. The first-order valence-electron chi connectivity index (χ1n) is 8.46. The van der Waals surface area contributed by atoms with E-state index in [4.69, 9.17) is 13.8 Å². The minimum atomic E-state index is -0.540. The van der Waals surface area contributed by atoms with E-state index in [2.05, 4.69) is 20.3 Å². The van der Waals surface area contributed by atoms with Gasteiger partial charge in [0.05, 0.1) is 22.3 Å². The Labute approximate surface area is 154 Å². The van der Waals surface area contributed by atoms with Crippen molar-refractivity contribution < 1.29 is 18.6 Å². The number of fused-ring (bicyclic) bond motifs is 1. The molecule has 0 bridgehead atoms. The third-order valence-electron chi connectivity index (χ3n) is 4.06. The predicted molar refractivity (Wildman–Crippen MR) is 94.8 cm³/mol. The quantitative estimate of drug-likeness (QED) is 0.496. The van der Waals surface area contributed by atoms with Crippen LogP contribution in [0.2, 0.25) is 0 Å². The molecule has 0 aliphatic heterocycles.